The second-order valence-electron chi connectivity index (χ2n) is 4.86. The molecule has 0 atom stereocenters. The van der Waals surface area contributed by atoms with Gasteiger partial charge in [0.1, 0.15) is 6.33 Å². The van der Waals surface area contributed by atoms with Crippen LogP contribution in [0.25, 0.3) is 16.3 Å². The largest absolute Gasteiger partial charge is 0.338 e. The smallest absolute Gasteiger partial charge is 0.232 e. The SMILES string of the molecule is Cn1cnc(-c2ccc(C3=CCN(C(=O)CI)CC3)s2)n1. The minimum absolute atomic E-state index is 0.218. The third-order valence-corrected chi connectivity index (χ3v) is 5.23. The Balaban J connectivity index is 1.75. The Hall–Kier alpha value is -1.22. The van der Waals surface area contributed by atoms with Gasteiger partial charge in [-0.25, -0.2) is 4.98 Å². The number of hydrogen-bond donors (Lipinski definition) is 0. The standard InChI is InChI=1S/C14H15IN4OS/c1-18-9-16-14(17-18)12-3-2-11(21-12)10-4-6-19(7-5-10)13(20)8-15/h2-4,9H,5-8H2,1H3. The highest BCUT2D eigenvalue weighted by atomic mass is 127. The third-order valence-electron chi connectivity index (χ3n) is 3.42. The number of aromatic nitrogens is 3. The summed E-state index contributed by atoms with van der Waals surface area (Å²) < 4.78 is 2.26. The number of nitrogens with zero attached hydrogens (tertiary/aromatic N) is 4. The van der Waals surface area contributed by atoms with Crippen LogP contribution in [0, 0.1) is 0 Å². The summed E-state index contributed by atoms with van der Waals surface area (Å²) >= 11 is 3.83. The number of carbonyl (C=O) groups is 1. The van der Waals surface area contributed by atoms with E-state index < -0.39 is 0 Å². The summed E-state index contributed by atoms with van der Waals surface area (Å²) in [5, 5.41) is 4.33. The number of carbonyl (C=O) groups excluding carboxylic acids is 1. The van der Waals surface area contributed by atoms with Crippen molar-refractivity contribution in [2.45, 2.75) is 6.42 Å². The highest BCUT2D eigenvalue weighted by molar-refractivity contribution is 14.1. The second kappa shape index (κ2) is 6.27. The van der Waals surface area contributed by atoms with Crippen molar-refractivity contribution >= 4 is 45.4 Å². The van der Waals surface area contributed by atoms with Crippen LogP contribution >= 0.6 is 33.9 Å². The van der Waals surface area contributed by atoms with E-state index in [1.807, 2.05) is 11.9 Å². The molecule has 0 aliphatic carbocycles. The molecule has 1 aliphatic heterocycles. The summed E-state index contributed by atoms with van der Waals surface area (Å²) in [4.78, 5) is 20.2. The van der Waals surface area contributed by atoms with Crippen LogP contribution in [0.4, 0.5) is 0 Å². The molecule has 2 aromatic rings. The maximum Gasteiger partial charge on any atom is 0.232 e. The number of aryl methyl sites for hydroxylation is 1. The van der Waals surface area contributed by atoms with Crippen LogP contribution in [0.3, 0.4) is 0 Å². The van der Waals surface area contributed by atoms with Crippen molar-refractivity contribution in [3.8, 4) is 10.7 Å². The van der Waals surface area contributed by atoms with Crippen LogP contribution < -0.4 is 0 Å². The predicted molar refractivity (Wildman–Crippen MR) is 92.4 cm³/mol. The Kier molecular flexibility index (Phi) is 4.39. The fourth-order valence-electron chi connectivity index (χ4n) is 2.29. The molecule has 0 N–H and O–H groups in total. The maximum absolute atomic E-state index is 11.7. The minimum Gasteiger partial charge on any atom is -0.338 e. The number of hydrogen-bond acceptors (Lipinski definition) is 4. The summed E-state index contributed by atoms with van der Waals surface area (Å²) in [6.45, 7) is 1.52. The molecule has 0 spiro atoms. The van der Waals surface area contributed by atoms with Crippen molar-refractivity contribution in [2.75, 3.05) is 17.5 Å². The molecule has 0 unspecified atom stereocenters. The molecular weight excluding hydrogens is 399 g/mol. The molecule has 3 rings (SSSR count). The number of halogens is 1. The van der Waals surface area contributed by atoms with Crippen molar-refractivity contribution < 1.29 is 4.79 Å². The Bertz CT molecular complexity index is 691. The fourth-order valence-corrected chi connectivity index (χ4v) is 3.78. The van der Waals surface area contributed by atoms with Crippen molar-refractivity contribution in [3.63, 3.8) is 0 Å². The van der Waals surface area contributed by atoms with Gasteiger partial charge in [-0.05, 0) is 24.1 Å². The third kappa shape index (κ3) is 3.18. The van der Waals surface area contributed by atoms with Gasteiger partial charge in [-0.2, -0.15) is 5.10 Å². The van der Waals surface area contributed by atoms with Crippen LogP contribution in [0.2, 0.25) is 0 Å². The van der Waals surface area contributed by atoms with Crippen molar-refractivity contribution in [3.05, 3.63) is 29.4 Å². The lowest BCUT2D eigenvalue weighted by Crippen LogP contribution is -2.35. The molecule has 1 amide bonds. The zero-order chi connectivity index (χ0) is 14.8. The zero-order valence-electron chi connectivity index (χ0n) is 11.6. The summed E-state index contributed by atoms with van der Waals surface area (Å²) in [5.74, 6) is 0.988. The lowest BCUT2D eigenvalue weighted by Gasteiger charge is -2.25. The van der Waals surface area contributed by atoms with Crippen molar-refractivity contribution in [1.29, 1.82) is 0 Å². The average Bonchev–Trinajstić information content (AvgIpc) is 3.15. The first kappa shape index (κ1) is 14.7. The van der Waals surface area contributed by atoms with Crippen LogP contribution in [0.5, 0.6) is 0 Å². The Labute approximate surface area is 140 Å². The molecule has 0 saturated heterocycles. The topological polar surface area (TPSA) is 51.0 Å². The van der Waals surface area contributed by atoms with E-state index in [0.717, 1.165) is 23.7 Å². The van der Waals surface area contributed by atoms with Gasteiger partial charge in [-0.15, -0.1) is 11.3 Å². The van der Waals surface area contributed by atoms with Gasteiger partial charge in [0.2, 0.25) is 5.91 Å². The monoisotopic (exact) mass is 414 g/mol. The highest BCUT2D eigenvalue weighted by Crippen LogP contribution is 2.32. The van der Waals surface area contributed by atoms with Crippen LogP contribution in [0.15, 0.2) is 24.5 Å². The first-order valence-corrected chi connectivity index (χ1v) is 9.00. The van der Waals surface area contributed by atoms with E-state index in [4.69, 9.17) is 0 Å². The van der Waals surface area contributed by atoms with E-state index >= 15 is 0 Å². The first-order chi connectivity index (χ1) is 10.2. The van der Waals surface area contributed by atoms with E-state index in [0.29, 0.717) is 11.0 Å². The number of thiophene rings is 1. The molecule has 3 heterocycles. The second-order valence-corrected chi connectivity index (χ2v) is 6.71. The fraction of sp³-hybridized carbons (Fsp3) is 0.357. The summed E-state index contributed by atoms with van der Waals surface area (Å²) in [6, 6.07) is 4.19. The summed E-state index contributed by atoms with van der Waals surface area (Å²) in [6.07, 6.45) is 4.79. The van der Waals surface area contributed by atoms with Crippen LogP contribution in [-0.4, -0.2) is 43.1 Å². The summed E-state index contributed by atoms with van der Waals surface area (Å²) in [7, 11) is 1.87. The number of rotatable bonds is 3. The molecule has 7 heteroatoms. The van der Waals surface area contributed by atoms with Gasteiger partial charge in [0, 0.05) is 25.0 Å². The number of alkyl halides is 1. The quantitative estimate of drug-likeness (QED) is 0.573. The Morgan fingerprint density at radius 1 is 1.43 bits per heavy atom. The van der Waals surface area contributed by atoms with Gasteiger partial charge >= 0.3 is 0 Å². The molecule has 21 heavy (non-hydrogen) atoms. The van der Waals surface area contributed by atoms with Crippen molar-refractivity contribution in [1.82, 2.24) is 19.7 Å². The van der Waals surface area contributed by atoms with E-state index in [2.05, 4.69) is 50.9 Å². The molecule has 0 fully saturated rings. The molecule has 1 aliphatic rings. The molecule has 0 radical (unpaired) electrons. The van der Waals surface area contributed by atoms with E-state index in [1.165, 1.54) is 10.5 Å². The van der Waals surface area contributed by atoms with E-state index in [-0.39, 0.29) is 5.91 Å². The number of amides is 1. The molecule has 2 aromatic heterocycles. The Morgan fingerprint density at radius 2 is 2.24 bits per heavy atom. The van der Waals surface area contributed by atoms with Gasteiger partial charge in [0.15, 0.2) is 5.82 Å². The minimum atomic E-state index is 0.218. The van der Waals surface area contributed by atoms with Crippen molar-refractivity contribution in [2.24, 2.45) is 7.05 Å². The molecule has 5 nitrogen and oxygen atoms in total. The summed E-state index contributed by atoms with van der Waals surface area (Å²) in [5.41, 5.74) is 1.32. The van der Waals surface area contributed by atoms with Gasteiger partial charge in [-0.3, -0.25) is 9.48 Å². The molecule has 0 aromatic carbocycles. The molecular formula is C14H15IN4OS. The Morgan fingerprint density at radius 3 is 2.86 bits per heavy atom. The highest BCUT2D eigenvalue weighted by Gasteiger charge is 2.18. The van der Waals surface area contributed by atoms with E-state index in [1.54, 1.807) is 22.3 Å². The van der Waals surface area contributed by atoms with Gasteiger partial charge < -0.3 is 4.90 Å². The molecule has 110 valence electrons. The van der Waals surface area contributed by atoms with Crippen LogP contribution in [0.1, 0.15) is 11.3 Å². The first-order valence-electron chi connectivity index (χ1n) is 6.66. The van der Waals surface area contributed by atoms with E-state index in [9.17, 15) is 4.79 Å². The average molecular weight is 414 g/mol. The lowest BCUT2D eigenvalue weighted by molar-refractivity contribution is -0.127. The van der Waals surface area contributed by atoms with Gasteiger partial charge in [0.05, 0.1) is 9.30 Å². The molecule has 0 saturated carbocycles. The molecule has 0 bridgehead atoms. The van der Waals surface area contributed by atoms with Gasteiger partial charge in [0.25, 0.3) is 0 Å². The van der Waals surface area contributed by atoms with Crippen LogP contribution in [-0.2, 0) is 11.8 Å². The maximum atomic E-state index is 11.7. The lowest BCUT2D eigenvalue weighted by atomic mass is 10.1. The van der Waals surface area contributed by atoms with Gasteiger partial charge in [-0.1, -0.05) is 28.7 Å². The predicted octanol–water partition coefficient (Wildman–Crippen LogP) is 2.59. The zero-order valence-corrected chi connectivity index (χ0v) is 14.6. The normalized spacial score (nSPS) is 15.1.